The maximum atomic E-state index is 6.11. The number of rotatable bonds is 3. The van der Waals surface area contributed by atoms with Crippen LogP contribution >= 0.6 is 23.2 Å². The Morgan fingerprint density at radius 1 is 1.00 bits per heavy atom. The highest BCUT2D eigenvalue weighted by molar-refractivity contribution is 6.38. The van der Waals surface area contributed by atoms with Crippen LogP contribution < -0.4 is 5.43 Å². The molecule has 0 amide bonds. The van der Waals surface area contributed by atoms with Gasteiger partial charge in [-0.3, -0.25) is 5.43 Å². The molecule has 0 atom stereocenters. The highest BCUT2D eigenvalue weighted by Crippen LogP contribution is 2.30. The van der Waals surface area contributed by atoms with E-state index in [4.69, 9.17) is 27.6 Å². The lowest BCUT2D eigenvalue weighted by Gasteiger charge is -2.01. The van der Waals surface area contributed by atoms with E-state index in [2.05, 4.69) is 20.5 Å². The predicted octanol–water partition coefficient (Wildman–Crippen LogP) is 5.13. The summed E-state index contributed by atoms with van der Waals surface area (Å²) in [5.74, 6) is 0.468. The Balaban J connectivity index is 1.71. The molecule has 0 bridgehead atoms. The molecule has 2 aromatic heterocycles. The van der Waals surface area contributed by atoms with Gasteiger partial charge in [0.1, 0.15) is 17.4 Å². The molecule has 5 nitrogen and oxygen atoms in total. The number of benzene rings is 2. The van der Waals surface area contributed by atoms with Crippen LogP contribution in [0.4, 0.5) is 5.82 Å². The number of aromatic nitrogens is 2. The molecule has 0 aliphatic heterocycles. The van der Waals surface area contributed by atoms with Gasteiger partial charge in [0.2, 0.25) is 0 Å². The largest absolute Gasteiger partial charge is 0.450 e. The molecule has 0 unspecified atom stereocenters. The van der Waals surface area contributed by atoms with E-state index in [9.17, 15) is 0 Å². The average Bonchev–Trinajstić information content (AvgIpc) is 2.97. The number of fused-ring (bicyclic) bond motifs is 3. The van der Waals surface area contributed by atoms with Gasteiger partial charge in [0.15, 0.2) is 11.4 Å². The minimum absolute atomic E-state index is 0.468. The summed E-state index contributed by atoms with van der Waals surface area (Å²) in [5.41, 5.74) is 5.50. The number of hydrogen-bond donors (Lipinski definition) is 1. The highest BCUT2D eigenvalue weighted by atomic mass is 35.5. The quantitative estimate of drug-likeness (QED) is 0.408. The Morgan fingerprint density at radius 3 is 2.62 bits per heavy atom. The maximum Gasteiger partial charge on any atom is 0.197 e. The lowest BCUT2D eigenvalue weighted by Crippen LogP contribution is -1.95. The Bertz CT molecular complexity index is 1050. The SMILES string of the molecule is Clc1cccc(Cl)c1/C=N\Nc1ncnc2c1oc1ccccc12. The van der Waals surface area contributed by atoms with Crippen LogP contribution in [0, 0.1) is 0 Å². The number of nitrogens with one attached hydrogen (secondary N) is 1. The zero-order valence-corrected chi connectivity index (χ0v) is 13.7. The van der Waals surface area contributed by atoms with Crippen LogP contribution in [0.15, 0.2) is 58.3 Å². The second-order valence-corrected chi connectivity index (χ2v) is 5.82. The fourth-order valence-electron chi connectivity index (χ4n) is 2.40. The first-order valence-corrected chi connectivity index (χ1v) is 7.85. The molecule has 118 valence electrons. The summed E-state index contributed by atoms with van der Waals surface area (Å²) in [4.78, 5) is 8.47. The van der Waals surface area contributed by atoms with Crippen molar-refractivity contribution >= 4 is 57.3 Å². The van der Waals surface area contributed by atoms with Gasteiger partial charge in [-0.25, -0.2) is 9.97 Å². The van der Waals surface area contributed by atoms with Crippen molar-refractivity contribution in [2.75, 3.05) is 5.43 Å². The summed E-state index contributed by atoms with van der Waals surface area (Å²) >= 11 is 12.2. The first kappa shape index (κ1) is 14.9. The van der Waals surface area contributed by atoms with Crippen molar-refractivity contribution in [2.24, 2.45) is 5.10 Å². The molecular formula is C17H10Cl2N4O. The summed E-state index contributed by atoms with van der Waals surface area (Å²) in [6.07, 6.45) is 3.01. The van der Waals surface area contributed by atoms with E-state index in [-0.39, 0.29) is 0 Å². The lowest BCUT2D eigenvalue weighted by molar-refractivity contribution is 0.667. The zero-order chi connectivity index (χ0) is 16.5. The van der Waals surface area contributed by atoms with E-state index in [1.165, 1.54) is 6.33 Å². The molecule has 0 radical (unpaired) electrons. The van der Waals surface area contributed by atoms with Crippen molar-refractivity contribution in [1.29, 1.82) is 0 Å². The van der Waals surface area contributed by atoms with Crippen LogP contribution in [0.25, 0.3) is 22.1 Å². The normalized spacial score (nSPS) is 11.6. The van der Waals surface area contributed by atoms with Gasteiger partial charge < -0.3 is 4.42 Å². The van der Waals surface area contributed by atoms with Crippen LogP contribution in [0.1, 0.15) is 5.56 Å². The number of halogens is 2. The third kappa shape index (κ3) is 2.58. The molecule has 2 aromatic carbocycles. The summed E-state index contributed by atoms with van der Waals surface area (Å²) < 4.78 is 5.82. The number of hydrazone groups is 1. The second kappa shape index (κ2) is 6.11. The molecule has 7 heteroatoms. The van der Waals surface area contributed by atoms with Crippen molar-refractivity contribution < 1.29 is 4.42 Å². The van der Waals surface area contributed by atoms with Gasteiger partial charge in [-0.05, 0) is 24.3 Å². The predicted molar refractivity (Wildman–Crippen MR) is 97.0 cm³/mol. The molecule has 0 spiro atoms. The zero-order valence-electron chi connectivity index (χ0n) is 12.2. The fraction of sp³-hybridized carbons (Fsp3) is 0. The molecular weight excluding hydrogens is 347 g/mol. The molecule has 2 heterocycles. The Kier molecular flexibility index (Phi) is 3.80. The van der Waals surface area contributed by atoms with Crippen LogP contribution in [0.3, 0.4) is 0 Å². The van der Waals surface area contributed by atoms with E-state index >= 15 is 0 Å². The van der Waals surface area contributed by atoms with Crippen LogP contribution in [-0.4, -0.2) is 16.2 Å². The number of hydrogen-bond acceptors (Lipinski definition) is 5. The van der Waals surface area contributed by atoms with Crippen molar-refractivity contribution in [2.45, 2.75) is 0 Å². The van der Waals surface area contributed by atoms with Gasteiger partial charge in [0.05, 0.1) is 16.3 Å². The van der Waals surface area contributed by atoms with Gasteiger partial charge in [0.25, 0.3) is 0 Å². The van der Waals surface area contributed by atoms with Gasteiger partial charge in [-0.1, -0.05) is 41.4 Å². The van der Waals surface area contributed by atoms with Gasteiger partial charge in [-0.15, -0.1) is 0 Å². The van der Waals surface area contributed by atoms with Gasteiger partial charge in [0, 0.05) is 10.9 Å². The molecule has 0 saturated carbocycles. The standard InChI is InChI=1S/C17H10Cl2N4O/c18-12-5-3-6-13(19)11(12)8-22-23-17-16-15(20-9-21-17)10-4-1-2-7-14(10)24-16/h1-9H,(H,20,21,23)/b22-8-. The smallest absolute Gasteiger partial charge is 0.197 e. The number of anilines is 1. The number of furan rings is 1. The molecule has 1 N–H and O–H groups in total. The van der Waals surface area contributed by atoms with Crippen molar-refractivity contribution in [3.63, 3.8) is 0 Å². The molecule has 24 heavy (non-hydrogen) atoms. The average molecular weight is 357 g/mol. The van der Waals surface area contributed by atoms with E-state index in [1.54, 1.807) is 24.4 Å². The summed E-state index contributed by atoms with van der Waals surface area (Å²) in [6.45, 7) is 0. The number of nitrogens with zero attached hydrogens (tertiary/aromatic N) is 3. The van der Waals surface area contributed by atoms with Crippen molar-refractivity contribution in [3.05, 3.63) is 64.4 Å². The monoisotopic (exact) mass is 356 g/mol. The van der Waals surface area contributed by atoms with E-state index in [0.29, 0.717) is 27.0 Å². The number of para-hydroxylation sites is 1. The Labute approximate surface area is 146 Å². The van der Waals surface area contributed by atoms with Crippen molar-refractivity contribution in [3.8, 4) is 0 Å². The van der Waals surface area contributed by atoms with Gasteiger partial charge in [-0.2, -0.15) is 5.10 Å². The Morgan fingerprint density at radius 2 is 1.79 bits per heavy atom. The first-order valence-electron chi connectivity index (χ1n) is 7.09. The van der Waals surface area contributed by atoms with E-state index in [1.807, 2.05) is 24.3 Å². The molecule has 4 rings (SSSR count). The van der Waals surface area contributed by atoms with E-state index < -0.39 is 0 Å². The van der Waals surface area contributed by atoms with Gasteiger partial charge >= 0.3 is 0 Å². The Hall–Kier alpha value is -2.63. The molecule has 4 aromatic rings. The summed E-state index contributed by atoms with van der Waals surface area (Å²) in [7, 11) is 0. The second-order valence-electron chi connectivity index (χ2n) is 5.00. The first-order chi connectivity index (χ1) is 11.7. The fourth-order valence-corrected chi connectivity index (χ4v) is 2.89. The highest BCUT2D eigenvalue weighted by Gasteiger charge is 2.12. The minimum Gasteiger partial charge on any atom is -0.450 e. The summed E-state index contributed by atoms with van der Waals surface area (Å²) in [5, 5.41) is 6.12. The maximum absolute atomic E-state index is 6.11. The molecule has 0 aliphatic carbocycles. The topological polar surface area (TPSA) is 63.3 Å². The molecule has 0 saturated heterocycles. The summed E-state index contributed by atoms with van der Waals surface area (Å²) in [6, 6.07) is 12.9. The minimum atomic E-state index is 0.468. The third-order valence-electron chi connectivity index (χ3n) is 3.52. The third-order valence-corrected chi connectivity index (χ3v) is 4.18. The van der Waals surface area contributed by atoms with Crippen LogP contribution in [0.5, 0.6) is 0 Å². The lowest BCUT2D eigenvalue weighted by atomic mass is 10.2. The van der Waals surface area contributed by atoms with E-state index in [0.717, 1.165) is 16.5 Å². The molecule has 0 aliphatic rings. The van der Waals surface area contributed by atoms with Crippen LogP contribution in [-0.2, 0) is 0 Å². The van der Waals surface area contributed by atoms with Crippen LogP contribution in [0.2, 0.25) is 10.0 Å². The molecule has 0 fully saturated rings. The van der Waals surface area contributed by atoms with Crippen molar-refractivity contribution in [1.82, 2.24) is 9.97 Å².